The van der Waals surface area contributed by atoms with E-state index < -0.39 is 11.8 Å². The zero-order valence-electron chi connectivity index (χ0n) is 9.27. The molecular formula is C13H9ClFNO2. The predicted octanol–water partition coefficient (Wildman–Crippen LogP) is 3.23. The van der Waals surface area contributed by atoms with Gasteiger partial charge in [0.25, 0.3) is 0 Å². The van der Waals surface area contributed by atoms with Gasteiger partial charge in [-0.3, -0.25) is 4.98 Å². The number of esters is 1. The van der Waals surface area contributed by atoms with E-state index in [9.17, 15) is 9.18 Å². The van der Waals surface area contributed by atoms with Crippen LogP contribution in [0.5, 0.6) is 0 Å². The van der Waals surface area contributed by atoms with Crippen LogP contribution in [0.15, 0.2) is 42.6 Å². The molecule has 0 spiro atoms. The van der Waals surface area contributed by atoms with E-state index in [1.54, 1.807) is 24.4 Å². The van der Waals surface area contributed by atoms with Crippen molar-refractivity contribution in [3.05, 3.63) is 64.7 Å². The summed E-state index contributed by atoms with van der Waals surface area (Å²) in [7, 11) is 0. The van der Waals surface area contributed by atoms with Gasteiger partial charge in [-0.2, -0.15) is 0 Å². The van der Waals surface area contributed by atoms with Gasteiger partial charge in [0.1, 0.15) is 12.4 Å². The zero-order chi connectivity index (χ0) is 13.0. The molecule has 2 aromatic rings. The Morgan fingerprint density at radius 2 is 2.17 bits per heavy atom. The molecule has 3 nitrogen and oxygen atoms in total. The molecule has 0 aliphatic heterocycles. The Morgan fingerprint density at radius 1 is 1.33 bits per heavy atom. The monoisotopic (exact) mass is 265 g/mol. The van der Waals surface area contributed by atoms with Crippen LogP contribution in [-0.2, 0) is 11.3 Å². The second kappa shape index (κ2) is 5.60. The Bertz CT molecular complexity index is 560. The molecule has 1 aromatic heterocycles. The molecule has 0 aliphatic carbocycles. The van der Waals surface area contributed by atoms with E-state index in [4.69, 9.17) is 16.3 Å². The summed E-state index contributed by atoms with van der Waals surface area (Å²) < 4.78 is 17.8. The first-order chi connectivity index (χ1) is 8.66. The smallest absolute Gasteiger partial charge is 0.340 e. The maximum absolute atomic E-state index is 12.8. The number of benzene rings is 1. The van der Waals surface area contributed by atoms with Crippen molar-refractivity contribution in [3.8, 4) is 0 Å². The first-order valence-corrected chi connectivity index (χ1v) is 5.56. The van der Waals surface area contributed by atoms with E-state index in [0.717, 1.165) is 12.1 Å². The summed E-state index contributed by atoms with van der Waals surface area (Å²) in [5.41, 5.74) is 0.762. The summed E-state index contributed by atoms with van der Waals surface area (Å²) >= 11 is 5.75. The van der Waals surface area contributed by atoms with Crippen molar-refractivity contribution in [2.45, 2.75) is 6.61 Å². The molecular weight excluding hydrogens is 257 g/mol. The predicted molar refractivity (Wildman–Crippen MR) is 64.8 cm³/mol. The van der Waals surface area contributed by atoms with Crippen molar-refractivity contribution in [2.24, 2.45) is 0 Å². The largest absolute Gasteiger partial charge is 0.456 e. The molecule has 1 aromatic carbocycles. The summed E-state index contributed by atoms with van der Waals surface area (Å²) in [4.78, 5) is 15.7. The number of hydrogen-bond acceptors (Lipinski definition) is 3. The lowest BCUT2D eigenvalue weighted by Crippen LogP contribution is -2.06. The van der Waals surface area contributed by atoms with Crippen molar-refractivity contribution < 1.29 is 13.9 Å². The van der Waals surface area contributed by atoms with Crippen LogP contribution >= 0.6 is 11.6 Å². The maximum atomic E-state index is 12.8. The van der Waals surface area contributed by atoms with E-state index >= 15 is 0 Å². The molecule has 0 aliphatic rings. The van der Waals surface area contributed by atoms with Gasteiger partial charge in [0.2, 0.25) is 0 Å². The Balaban J connectivity index is 2.04. The van der Waals surface area contributed by atoms with E-state index in [-0.39, 0.29) is 17.2 Å². The molecule has 0 N–H and O–H groups in total. The van der Waals surface area contributed by atoms with E-state index in [0.29, 0.717) is 5.69 Å². The highest BCUT2D eigenvalue weighted by atomic mass is 35.5. The van der Waals surface area contributed by atoms with Crippen molar-refractivity contribution in [2.75, 3.05) is 0 Å². The fourth-order valence-electron chi connectivity index (χ4n) is 1.36. The summed E-state index contributed by atoms with van der Waals surface area (Å²) in [6.45, 7) is 0.0490. The van der Waals surface area contributed by atoms with Crippen LogP contribution in [0.2, 0.25) is 5.02 Å². The minimum atomic E-state index is -0.606. The van der Waals surface area contributed by atoms with Gasteiger partial charge in [0, 0.05) is 6.20 Å². The molecule has 0 saturated carbocycles. The van der Waals surface area contributed by atoms with Crippen LogP contribution in [0.4, 0.5) is 4.39 Å². The summed E-state index contributed by atoms with van der Waals surface area (Å²) in [5.74, 6) is -1.10. The fourth-order valence-corrected chi connectivity index (χ4v) is 1.60. The number of carbonyl (C=O) groups excluding carboxylic acids is 1. The lowest BCUT2D eigenvalue weighted by atomic mass is 10.2. The summed E-state index contributed by atoms with van der Waals surface area (Å²) in [6, 6.07) is 8.81. The number of hydrogen-bond donors (Lipinski definition) is 0. The van der Waals surface area contributed by atoms with Gasteiger partial charge in [-0.15, -0.1) is 0 Å². The normalized spacial score (nSPS) is 10.1. The zero-order valence-corrected chi connectivity index (χ0v) is 10.0. The molecule has 0 bridgehead atoms. The highest BCUT2D eigenvalue weighted by Crippen LogP contribution is 2.18. The molecule has 0 radical (unpaired) electrons. The SMILES string of the molecule is O=C(OCc1ccccn1)c1ccc(F)cc1Cl. The number of carbonyl (C=O) groups is 1. The molecule has 0 saturated heterocycles. The van der Waals surface area contributed by atoms with Gasteiger partial charge < -0.3 is 4.74 Å². The first kappa shape index (κ1) is 12.5. The minimum Gasteiger partial charge on any atom is -0.456 e. The van der Waals surface area contributed by atoms with Gasteiger partial charge >= 0.3 is 5.97 Å². The molecule has 92 valence electrons. The Morgan fingerprint density at radius 3 is 2.83 bits per heavy atom. The average molecular weight is 266 g/mol. The number of halogens is 2. The Hall–Kier alpha value is -1.94. The van der Waals surface area contributed by atoms with Crippen LogP contribution in [0.25, 0.3) is 0 Å². The molecule has 5 heteroatoms. The van der Waals surface area contributed by atoms with Crippen LogP contribution < -0.4 is 0 Å². The van der Waals surface area contributed by atoms with E-state index in [1.165, 1.54) is 6.07 Å². The number of ether oxygens (including phenoxy) is 1. The third-order valence-electron chi connectivity index (χ3n) is 2.23. The maximum Gasteiger partial charge on any atom is 0.340 e. The van der Waals surface area contributed by atoms with Crippen LogP contribution in [-0.4, -0.2) is 11.0 Å². The van der Waals surface area contributed by atoms with Gasteiger partial charge in [-0.1, -0.05) is 17.7 Å². The molecule has 2 rings (SSSR count). The van der Waals surface area contributed by atoms with Crippen molar-refractivity contribution in [3.63, 3.8) is 0 Å². The third-order valence-corrected chi connectivity index (χ3v) is 2.54. The molecule has 18 heavy (non-hydrogen) atoms. The van der Waals surface area contributed by atoms with Crippen LogP contribution in [0.1, 0.15) is 16.1 Å². The van der Waals surface area contributed by atoms with E-state index in [2.05, 4.69) is 4.98 Å². The van der Waals surface area contributed by atoms with Crippen LogP contribution in [0, 0.1) is 5.82 Å². The molecule has 0 atom stereocenters. The standard InChI is InChI=1S/C13H9ClFNO2/c14-12-7-9(15)4-5-11(12)13(17)18-8-10-3-1-2-6-16-10/h1-7H,8H2. The fraction of sp³-hybridized carbons (Fsp3) is 0.0769. The van der Waals surface area contributed by atoms with Crippen molar-refractivity contribution in [1.29, 1.82) is 0 Å². The van der Waals surface area contributed by atoms with Crippen LogP contribution in [0.3, 0.4) is 0 Å². The Kier molecular flexibility index (Phi) is 3.89. The van der Waals surface area contributed by atoms with Gasteiger partial charge in [0.05, 0.1) is 16.3 Å². The molecule has 0 unspecified atom stereocenters. The van der Waals surface area contributed by atoms with Crippen molar-refractivity contribution in [1.82, 2.24) is 4.98 Å². The quantitative estimate of drug-likeness (QED) is 0.800. The number of aromatic nitrogens is 1. The van der Waals surface area contributed by atoms with Crippen molar-refractivity contribution >= 4 is 17.6 Å². The van der Waals surface area contributed by atoms with E-state index in [1.807, 2.05) is 0 Å². The second-order valence-corrected chi connectivity index (χ2v) is 3.93. The lowest BCUT2D eigenvalue weighted by Gasteiger charge is -2.05. The number of rotatable bonds is 3. The van der Waals surface area contributed by atoms with Gasteiger partial charge in [0.15, 0.2) is 0 Å². The first-order valence-electron chi connectivity index (χ1n) is 5.19. The summed E-state index contributed by atoms with van der Waals surface area (Å²) in [6.07, 6.45) is 1.61. The topological polar surface area (TPSA) is 39.2 Å². The molecule has 0 amide bonds. The van der Waals surface area contributed by atoms with Gasteiger partial charge in [-0.05, 0) is 30.3 Å². The highest BCUT2D eigenvalue weighted by molar-refractivity contribution is 6.33. The molecule has 1 heterocycles. The minimum absolute atomic E-state index is 0.0287. The Labute approximate surface area is 108 Å². The average Bonchev–Trinajstić information content (AvgIpc) is 2.37. The van der Waals surface area contributed by atoms with Gasteiger partial charge in [-0.25, -0.2) is 9.18 Å². The molecule has 0 fully saturated rings. The lowest BCUT2D eigenvalue weighted by molar-refractivity contribution is 0.0468. The highest BCUT2D eigenvalue weighted by Gasteiger charge is 2.12. The number of nitrogens with zero attached hydrogens (tertiary/aromatic N) is 1. The summed E-state index contributed by atoms with van der Waals surface area (Å²) in [5, 5.41) is 0.0287. The number of pyridine rings is 1. The second-order valence-electron chi connectivity index (χ2n) is 3.52. The third kappa shape index (κ3) is 3.05.